The highest BCUT2D eigenvalue weighted by molar-refractivity contribution is 5.98. The zero-order chi connectivity index (χ0) is 25.7. The smallest absolute Gasteiger partial charge is 0.340 e. The molecule has 11 heteroatoms. The van der Waals surface area contributed by atoms with Gasteiger partial charge in [0.25, 0.3) is 5.69 Å². The van der Waals surface area contributed by atoms with Crippen LogP contribution in [-0.2, 0) is 14.3 Å². The van der Waals surface area contributed by atoms with Gasteiger partial charge in [-0.05, 0) is 31.4 Å². The van der Waals surface area contributed by atoms with Crippen molar-refractivity contribution in [3.63, 3.8) is 0 Å². The van der Waals surface area contributed by atoms with Gasteiger partial charge in [0.05, 0.1) is 40.1 Å². The molecule has 4 rings (SSSR count). The van der Waals surface area contributed by atoms with Gasteiger partial charge in [0.1, 0.15) is 6.61 Å². The zero-order valence-corrected chi connectivity index (χ0v) is 19.7. The van der Waals surface area contributed by atoms with Crippen molar-refractivity contribution < 1.29 is 28.8 Å². The van der Waals surface area contributed by atoms with Gasteiger partial charge in [0.2, 0.25) is 0 Å². The Kier molecular flexibility index (Phi) is 7.47. The Morgan fingerprint density at radius 2 is 1.81 bits per heavy atom. The summed E-state index contributed by atoms with van der Waals surface area (Å²) in [6.07, 6.45) is 1.89. The number of urea groups is 1. The van der Waals surface area contributed by atoms with E-state index in [0.29, 0.717) is 11.3 Å². The summed E-state index contributed by atoms with van der Waals surface area (Å²) in [6, 6.07) is 11.5. The fourth-order valence-corrected chi connectivity index (χ4v) is 4.33. The van der Waals surface area contributed by atoms with Crippen LogP contribution in [0.2, 0.25) is 0 Å². The first-order valence-corrected chi connectivity index (χ1v) is 11.6. The van der Waals surface area contributed by atoms with Crippen molar-refractivity contribution in [2.24, 2.45) is 0 Å². The van der Waals surface area contributed by atoms with E-state index in [1.54, 1.807) is 43.3 Å². The molecule has 2 aliphatic rings. The van der Waals surface area contributed by atoms with Crippen LogP contribution in [-0.4, -0.2) is 49.2 Å². The van der Waals surface area contributed by atoms with E-state index in [2.05, 4.69) is 10.6 Å². The van der Waals surface area contributed by atoms with Gasteiger partial charge >= 0.3 is 18.0 Å². The molecule has 11 nitrogen and oxygen atoms in total. The van der Waals surface area contributed by atoms with E-state index in [9.17, 15) is 24.5 Å². The number of anilines is 1. The Morgan fingerprint density at radius 3 is 2.47 bits per heavy atom. The second kappa shape index (κ2) is 10.9. The van der Waals surface area contributed by atoms with E-state index in [1.807, 2.05) is 4.90 Å². The predicted molar refractivity (Wildman–Crippen MR) is 129 cm³/mol. The average Bonchev–Trinajstić information content (AvgIpc) is 3.42. The molecule has 188 valence electrons. The first kappa shape index (κ1) is 24.7. The number of non-ortho nitro benzene ring substituents is 1. The molecule has 0 radical (unpaired) electrons. The van der Waals surface area contributed by atoms with Gasteiger partial charge in [-0.3, -0.25) is 10.1 Å². The summed E-state index contributed by atoms with van der Waals surface area (Å²) >= 11 is 0. The summed E-state index contributed by atoms with van der Waals surface area (Å²) in [6.45, 7) is 2.77. The number of rotatable bonds is 8. The number of carbonyl (C=O) groups excluding carboxylic acids is 3. The molecular formula is C25H26N4O7. The number of nitro groups is 1. The molecule has 1 fully saturated rings. The molecule has 0 spiro atoms. The minimum absolute atomic E-state index is 0.0456. The monoisotopic (exact) mass is 494 g/mol. The molecular weight excluding hydrogens is 468 g/mol. The van der Waals surface area contributed by atoms with Crippen LogP contribution < -0.4 is 15.5 Å². The molecule has 2 aromatic carbocycles. The highest BCUT2D eigenvalue weighted by Gasteiger charge is 2.34. The first-order chi connectivity index (χ1) is 17.4. The van der Waals surface area contributed by atoms with Crippen molar-refractivity contribution in [3.05, 3.63) is 81.0 Å². The van der Waals surface area contributed by atoms with E-state index in [0.717, 1.165) is 25.9 Å². The van der Waals surface area contributed by atoms with Gasteiger partial charge in [-0.25, -0.2) is 14.4 Å². The molecule has 2 aromatic rings. The quantitative estimate of drug-likeness (QED) is 0.324. The van der Waals surface area contributed by atoms with Gasteiger partial charge in [0, 0.05) is 25.2 Å². The lowest BCUT2D eigenvalue weighted by Crippen LogP contribution is -2.47. The SMILES string of the molecule is CCOC(=O)C1=C(COC(=O)c2cc([N+](=O)[O-])ccc2N2CCCC2)NC(=O)N[C@@H]1c1ccccc1. The summed E-state index contributed by atoms with van der Waals surface area (Å²) in [5, 5.41) is 16.6. The number of nitro benzene ring substituents is 1. The van der Waals surface area contributed by atoms with Crippen LogP contribution in [0.15, 0.2) is 59.8 Å². The van der Waals surface area contributed by atoms with E-state index >= 15 is 0 Å². The number of carbonyl (C=O) groups is 3. The minimum atomic E-state index is -0.814. The Hall–Kier alpha value is -4.41. The number of benzene rings is 2. The Balaban J connectivity index is 1.66. The molecule has 0 saturated carbocycles. The average molecular weight is 495 g/mol. The molecule has 0 aromatic heterocycles. The van der Waals surface area contributed by atoms with Gasteiger partial charge in [-0.15, -0.1) is 0 Å². The summed E-state index contributed by atoms with van der Waals surface area (Å²) in [5.41, 5.74) is 1.18. The number of esters is 2. The molecule has 0 unspecified atom stereocenters. The number of ether oxygens (including phenoxy) is 2. The van der Waals surface area contributed by atoms with E-state index in [-0.39, 0.29) is 29.1 Å². The molecule has 0 aliphatic carbocycles. The first-order valence-electron chi connectivity index (χ1n) is 11.6. The van der Waals surface area contributed by atoms with Gasteiger partial charge in [0.15, 0.2) is 0 Å². The third-order valence-electron chi connectivity index (χ3n) is 5.99. The third-order valence-corrected chi connectivity index (χ3v) is 5.99. The highest BCUT2D eigenvalue weighted by Crippen LogP contribution is 2.30. The van der Waals surface area contributed by atoms with Crippen LogP contribution in [0.25, 0.3) is 0 Å². The second-order valence-corrected chi connectivity index (χ2v) is 8.28. The van der Waals surface area contributed by atoms with Crippen molar-refractivity contribution in [2.75, 3.05) is 31.2 Å². The molecule has 2 N–H and O–H groups in total. The number of hydrogen-bond acceptors (Lipinski definition) is 8. The topological polar surface area (TPSA) is 140 Å². The van der Waals surface area contributed by atoms with Crippen LogP contribution in [0.4, 0.5) is 16.2 Å². The van der Waals surface area contributed by atoms with Crippen LogP contribution in [0.5, 0.6) is 0 Å². The highest BCUT2D eigenvalue weighted by atomic mass is 16.6. The van der Waals surface area contributed by atoms with Crippen molar-refractivity contribution in [1.82, 2.24) is 10.6 Å². The molecule has 2 amide bonds. The van der Waals surface area contributed by atoms with E-state index < -0.39 is 35.5 Å². The third kappa shape index (κ3) is 5.29. The summed E-state index contributed by atoms with van der Waals surface area (Å²) in [5.74, 6) is -1.47. The van der Waals surface area contributed by atoms with Crippen molar-refractivity contribution >= 4 is 29.3 Å². The molecule has 0 bridgehead atoms. The lowest BCUT2D eigenvalue weighted by Gasteiger charge is -2.29. The molecule has 36 heavy (non-hydrogen) atoms. The zero-order valence-electron chi connectivity index (χ0n) is 19.7. The number of nitrogens with zero attached hydrogens (tertiary/aromatic N) is 2. The van der Waals surface area contributed by atoms with Crippen molar-refractivity contribution in [1.29, 1.82) is 0 Å². The van der Waals surface area contributed by atoms with Gasteiger partial charge < -0.3 is 25.0 Å². The fourth-order valence-electron chi connectivity index (χ4n) is 4.33. The minimum Gasteiger partial charge on any atom is -0.463 e. The molecule has 2 aliphatic heterocycles. The van der Waals surface area contributed by atoms with Gasteiger partial charge in [-0.2, -0.15) is 0 Å². The fraction of sp³-hybridized carbons (Fsp3) is 0.320. The predicted octanol–water partition coefficient (Wildman–Crippen LogP) is 3.22. The van der Waals surface area contributed by atoms with Gasteiger partial charge in [-0.1, -0.05) is 30.3 Å². The summed E-state index contributed by atoms with van der Waals surface area (Å²) in [4.78, 5) is 51.1. The van der Waals surface area contributed by atoms with Crippen LogP contribution >= 0.6 is 0 Å². The standard InChI is InChI=1S/C25H26N4O7/c1-2-35-24(31)21-19(26-25(32)27-22(21)16-8-4-3-5-9-16)15-36-23(30)18-14-17(29(33)34)10-11-20(18)28-12-6-7-13-28/h3-5,8-11,14,22H,2,6-7,12-13,15H2,1H3,(H2,26,27,32)/t22-/m1/s1. The largest absolute Gasteiger partial charge is 0.463 e. The normalized spacial score (nSPS) is 17.3. The van der Waals surface area contributed by atoms with Crippen molar-refractivity contribution in [3.8, 4) is 0 Å². The Morgan fingerprint density at radius 1 is 1.08 bits per heavy atom. The maximum Gasteiger partial charge on any atom is 0.340 e. The number of nitrogens with one attached hydrogen (secondary N) is 2. The van der Waals surface area contributed by atoms with Crippen LogP contribution in [0.1, 0.15) is 41.7 Å². The van der Waals surface area contributed by atoms with Crippen LogP contribution in [0, 0.1) is 10.1 Å². The van der Waals surface area contributed by atoms with E-state index in [1.165, 1.54) is 12.1 Å². The maximum absolute atomic E-state index is 13.1. The summed E-state index contributed by atoms with van der Waals surface area (Å²) < 4.78 is 10.7. The number of amides is 2. The Labute approximate surface area is 207 Å². The Bertz CT molecular complexity index is 1210. The summed E-state index contributed by atoms with van der Waals surface area (Å²) in [7, 11) is 0. The molecule has 1 atom stereocenters. The van der Waals surface area contributed by atoms with Crippen molar-refractivity contribution in [2.45, 2.75) is 25.8 Å². The molecule has 2 heterocycles. The number of hydrogen-bond donors (Lipinski definition) is 2. The second-order valence-electron chi connectivity index (χ2n) is 8.28. The maximum atomic E-state index is 13.1. The molecule has 1 saturated heterocycles. The van der Waals surface area contributed by atoms with E-state index in [4.69, 9.17) is 9.47 Å². The van der Waals surface area contributed by atoms with Crippen LogP contribution in [0.3, 0.4) is 0 Å². The lowest BCUT2D eigenvalue weighted by molar-refractivity contribution is -0.384. The lowest BCUT2D eigenvalue weighted by atomic mass is 9.95.